The van der Waals surface area contributed by atoms with Gasteiger partial charge in [-0.3, -0.25) is 4.79 Å². The fourth-order valence-electron chi connectivity index (χ4n) is 2.18. The summed E-state index contributed by atoms with van der Waals surface area (Å²) in [5.41, 5.74) is 6.12. The standard InChI is InChI=1S/C13H18N2O3.ClH/c1-18-10-4-5-12(16)11(7-10)13(17)15-6-2-3-9(14)8-15;/h4-5,7,9,16H,2-3,6,8,14H2,1H3;1H/t9-;/m1./s1. The van der Waals surface area contributed by atoms with Crippen molar-refractivity contribution in [1.29, 1.82) is 0 Å². The van der Waals surface area contributed by atoms with Crippen LogP contribution in [0.2, 0.25) is 0 Å². The zero-order valence-corrected chi connectivity index (χ0v) is 11.7. The number of hydrogen-bond donors (Lipinski definition) is 2. The maximum atomic E-state index is 12.3. The van der Waals surface area contributed by atoms with Gasteiger partial charge in [0.1, 0.15) is 11.5 Å². The summed E-state index contributed by atoms with van der Waals surface area (Å²) in [5.74, 6) is 0.332. The van der Waals surface area contributed by atoms with E-state index in [1.54, 1.807) is 17.0 Å². The number of carbonyl (C=O) groups excluding carboxylic acids is 1. The zero-order valence-electron chi connectivity index (χ0n) is 10.8. The number of likely N-dealkylation sites (tertiary alicyclic amines) is 1. The second-order valence-electron chi connectivity index (χ2n) is 4.54. The molecule has 1 atom stereocenters. The van der Waals surface area contributed by atoms with E-state index in [0.29, 0.717) is 18.8 Å². The van der Waals surface area contributed by atoms with Gasteiger partial charge >= 0.3 is 0 Å². The third-order valence-corrected chi connectivity index (χ3v) is 3.18. The van der Waals surface area contributed by atoms with Crippen molar-refractivity contribution < 1.29 is 14.6 Å². The molecule has 2 rings (SSSR count). The van der Waals surface area contributed by atoms with Gasteiger partial charge in [0, 0.05) is 19.1 Å². The van der Waals surface area contributed by atoms with Gasteiger partial charge < -0.3 is 20.5 Å². The summed E-state index contributed by atoms with van der Waals surface area (Å²) in [6, 6.07) is 4.66. The van der Waals surface area contributed by atoms with E-state index >= 15 is 0 Å². The number of phenolic OH excluding ortho intramolecular Hbond substituents is 1. The van der Waals surface area contributed by atoms with Crippen LogP contribution < -0.4 is 10.5 Å². The molecule has 1 aliphatic rings. The summed E-state index contributed by atoms with van der Waals surface area (Å²) in [6.45, 7) is 1.22. The first-order chi connectivity index (χ1) is 8.61. The highest BCUT2D eigenvalue weighted by molar-refractivity contribution is 5.97. The van der Waals surface area contributed by atoms with Gasteiger partial charge in [-0.05, 0) is 31.0 Å². The van der Waals surface area contributed by atoms with Crippen molar-refractivity contribution in [2.75, 3.05) is 20.2 Å². The predicted octanol–water partition coefficient (Wildman–Crippen LogP) is 1.39. The molecule has 19 heavy (non-hydrogen) atoms. The Morgan fingerprint density at radius 2 is 2.26 bits per heavy atom. The minimum atomic E-state index is -0.193. The summed E-state index contributed by atoms with van der Waals surface area (Å²) < 4.78 is 5.06. The summed E-state index contributed by atoms with van der Waals surface area (Å²) >= 11 is 0. The van der Waals surface area contributed by atoms with E-state index in [1.807, 2.05) is 0 Å². The molecule has 0 spiro atoms. The lowest BCUT2D eigenvalue weighted by Gasteiger charge is -2.31. The SMILES string of the molecule is COc1ccc(O)c(C(=O)N2CCC[C@@H](N)C2)c1.Cl. The highest BCUT2D eigenvalue weighted by Gasteiger charge is 2.24. The van der Waals surface area contributed by atoms with Gasteiger partial charge in [-0.2, -0.15) is 0 Å². The third-order valence-electron chi connectivity index (χ3n) is 3.18. The Labute approximate surface area is 118 Å². The number of hydrogen-bond acceptors (Lipinski definition) is 4. The molecule has 1 aromatic rings. The Bertz CT molecular complexity index is 454. The molecule has 0 aliphatic carbocycles. The molecule has 0 radical (unpaired) electrons. The molecule has 6 heteroatoms. The van der Waals surface area contributed by atoms with Crippen LogP contribution in [0.1, 0.15) is 23.2 Å². The molecule has 0 bridgehead atoms. The van der Waals surface area contributed by atoms with Crippen molar-refractivity contribution in [2.45, 2.75) is 18.9 Å². The smallest absolute Gasteiger partial charge is 0.257 e. The van der Waals surface area contributed by atoms with E-state index in [1.165, 1.54) is 13.2 Å². The number of halogens is 1. The van der Waals surface area contributed by atoms with Crippen molar-refractivity contribution in [3.05, 3.63) is 23.8 Å². The number of phenols is 1. The maximum absolute atomic E-state index is 12.3. The third kappa shape index (κ3) is 3.52. The Balaban J connectivity index is 0.00000180. The fraction of sp³-hybridized carbons (Fsp3) is 0.462. The van der Waals surface area contributed by atoms with Gasteiger partial charge in [0.2, 0.25) is 0 Å². The van der Waals surface area contributed by atoms with Gasteiger partial charge in [-0.15, -0.1) is 12.4 Å². The summed E-state index contributed by atoms with van der Waals surface area (Å²) in [7, 11) is 1.53. The second kappa shape index (κ2) is 6.63. The molecule has 0 unspecified atom stereocenters. The predicted molar refractivity (Wildman–Crippen MR) is 75.0 cm³/mol. The molecule has 3 N–H and O–H groups in total. The van der Waals surface area contributed by atoms with Crippen molar-refractivity contribution in [3.63, 3.8) is 0 Å². The minimum Gasteiger partial charge on any atom is -0.507 e. The van der Waals surface area contributed by atoms with Crippen LogP contribution in [0.5, 0.6) is 11.5 Å². The Kier molecular flexibility index (Phi) is 5.44. The van der Waals surface area contributed by atoms with Crippen molar-refractivity contribution in [2.24, 2.45) is 5.73 Å². The number of rotatable bonds is 2. The molecule has 1 saturated heterocycles. The first kappa shape index (κ1) is 15.6. The average molecular weight is 287 g/mol. The number of benzene rings is 1. The highest BCUT2D eigenvalue weighted by atomic mass is 35.5. The topological polar surface area (TPSA) is 75.8 Å². The van der Waals surface area contributed by atoms with Crippen LogP contribution in [0.15, 0.2) is 18.2 Å². The first-order valence-electron chi connectivity index (χ1n) is 6.03. The monoisotopic (exact) mass is 286 g/mol. The van der Waals surface area contributed by atoms with Crippen molar-refractivity contribution in [1.82, 2.24) is 4.90 Å². The molecular weight excluding hydrogens is 268 g/mol. The average Bonchev–Trinajstić information content (AvgIpc) is 2.38. The molecular formula is C13H19ClN2O3. The lowest BCUT2D eigenvalue weighted by Crippen LogP contribution is -2.45. The lowest BCUT2D eigenvalue weighted by atomic mass is 10.0. The highest BCUT2D eigenvalue weighted by Crippen LogP contribution is 2.25. The minimum absolute atomic E-state index is 0. The molecule has 106 valence electrons. The van der Waals surface area contributed by atoms with Crippen molar-refractivity contribution >= 4 is 18.3 Å². The Morgan fingerprint density at radius 1 is 1.53 bits per heavy atom. The molecule has 1 aromatic carbocycles. The van der Waals surface area contributed by atoms with E-state index in [9.17, 15) is 9.90 Å². The second-order valence-corrected chi connectivity index (χ2v) is 4.54. The molecule has 1 heterocycles. The zero-order chi connectivity index (χ0) is 13.1. The van der Waals surface area contributed by atoms with Crippen molar-refractivity contribution in [3.8, 4) is 11.5 Å². The van der Waals surface area contributed by atoms with Gasteiger partial charge in [0.15, 0.2) is 0 Å². The first-order valence-corrected chi connectivity index (χ1v) is 6.03. The number of aromatic hydroxyl groups is 1. The quantitative estimate of drug-likeness (QED) is 0.861. The molecule has 0 aromatic heterocycles. The lowest BCUT2D eigenvalue weighted by molar-refractivity contribution is 0.0705. The molecule has 1 fully saturated rings. The number of methoxy groups -OCH3 is 1. The van der Waals surface area contributed by atoms with E-state index in [-0.39, 0.29) is 35.7 Å². The summed E-state index contributed by atoms with van der Waals surface area (Å²) in [6.07, 6.45) is 1.84. The van der Waals surface area contributed by atoms with Gasteiger partial charge in [-0.25, -0.2) is 0 Å². The summed E-state index contributed by atoms with van der Waals surface area (Å²) in [4.78, 5) is 14.0. The summed E-state index contributed by atoms with van der Waals surface area (Å²) in [5, 5.41) is 9.76. The van der Waals surface area contributed by atoms with Gasteiger partial charge in [-0.1, -0.05) is 0 Å². The maximum Gasteiger partial charge on any atom is 0.257 e. The van der Waals surface area contributed by atoms with Crippen LogP contribution in [-0.2, 0) is 0 Å². The molecule has 5 nitrogen and oxygen atoms in total. The van der Waals surface area contributed by atoms with Gasteiger partial charge in [0.05, 0.1) is 12.7 Å². The number of nitrogens with zero attached hydrogens (tertiary/aromatic N) is 1. The number of carbonyl (C=O) groups is 1. The number of piperidine rings is 1. The number of nitrogens with two attached hydrogens (primary N) is 1. The van der Waals surface area contributed by atoms with Crippen LogP contribution in [-0.4, -0.2) is 42.2 Å². The number of amides is 1. The van der Waals surface area contributed by atoms with E-state index < -0.39 is 0 Å². The van der Waals surface area contributed by atoms with Crippen LogP contribution in [0.3, 0.4) is 0 Å². The van der Waals surface area contributed by atoms with Gasteiger partial charge in [0.25, 0.3) is 5.91 Å². The fourth-order valence-corrected chi connectivity index (χ4v) is 2.18. The Hall–Kier alpha value is -1.46. The van der Waals surface area contributed by atoms with E-state index in [4.69, 9.17) is 10.5 Å². The molecule has 0 saturated carbocycles. The largest absolute Gasteiger partial charge is 0.507 e. The van der Waals surface area contributed by atoms with E-state index in [0.717, 1.165) is 12.8 Å². The van der Waals surface area contributed by atoms with Crippen LogP contribution in [0, 0.1) is 0 Å². The van der Waals surface area contributed by atoms with Crippen LogP contribution in [0.4, 0.5) is 0 Å². The number of ether oxygens (including phenoxy) is 1. The Morgan fingerprint density at radius 3 is 2.89 bits per heavy atom. The van der Waals surface area contributed by atoms with Crippen LogP contribution in [0.25, 0.3) is 0 Å². The van der Waals surface area contributed by atoms with E-state index in [2.05, 4.69) is 0 Å². The normalized spacial score (nSPS) is 18.6. The molecule has 1 aliphatic heterocycles. The molecule has 1 amide bonds. The van der Waals surface area contributed by atoms with Crippen LogP contribution >= 0.6 is 12.4 Å².